The van der Waals surface area contributed by atoms with Gasteiger partial charge in [0.25, 0.3) is 5.91 Å². The number of carbonyl (C=O) groups is 1. The third-order valence-electron chi connectivity index (χ3n) is 3.28. The predicted octanol–water partition coefficient (Wildman–Crippen LogP) is 2.60. The van der Waals surface area contributed by atoms with Crippen LogP contribution >= 0.6 is 15.9 Å². The van der Waals surface area contributed by atoms with Gasteiger partial charge in [0.1, 0.15) is 0 Å². The van der Waals surface area contributed by atoms with Crippen molar-refractivity contribution in [3.8, 4) is 5.75 Å². The molecular weight excluding hydrogens is 328 g/mol. The van der Waals surface area contributed by atoms with Crippen LogP contribution in [0.1, 0.15) is 23.2 Å². The van der Waals surface area contributed by atoms with Crippen molar-refractivity contribution in [3.63, 3.8) is 0 Å². The van der Waals surface area contributed by atoms with Gasteiger partial charge in [-0.15, -0.1) is 0 Å². The minimum absolute atomic E-state index is 0.0270. The van der Waals surface area contributed by atoms with E-state index in [1.165, 1.54) is 19.2 Å². The maximum Gasteiger partial charge on any atom is 0.311 e. The van der Waals surface area contributed by atoms with Crippen molar-refractivity contribution >= 4 is 27.5 Å². The summed E-state index contributed by atoms with van der Waals surface area (Å²) in [7, 11) is 1.34. The molecule has 7 heteroatoms. The van der Waals surface area contributed by atoms with Gasteiger partial charge in [0.2, 0.25) is 5.75 Å². The first kappa shape index (κ1) is 14.8. The van der Waals surface area contributed by atoms with Crippen LogP contribution in [0.15, 0.2) is 18.2 Å². The summed E-state index contributed by atoms with van der Waals surface area (Å²) in [4.78, 5) is 24.9. The summed E-state index contributed by atoms with van der Waals surface area (Å²) < 4.78 is 5.08. The highest BCUT2D eigenvalue weighted by atomic mass is 79.9. The molecule has 20 heavy (non-hydrogen) atoms. The molecule has 6 nitrogen and oxygen atoms in total. The fourth-order valence-corrected chi connectivity index (χ4v) is 3.00. The smallest absolute Gasteiger partial charge is 0.311 e. The number of alkyl halides is 1. The van der Waals surface area contributed by atoms with Crippen LogP contribution in [0.3, 0.4) is 0 Å². The van der Waals surface area contributed by atoms with Crippen molar-refractivity contribution in [2.45, 2.75) is 17.7 Å². The zero-order chi connectivity index (χ0) is 14.7. The van der Waals surface area contributed by atoms with Crippen LogP contribution in [0, 0.1) is 10.1 Å². The van der Waals surface area contributed by atoms with Crippen molar-refractivity contribution in [3.05, 3.63) is 33.9 Å². The SMILES string of the molecule is COc1c(C(=O)N2CCCC(Br)C2)cccc1[N+](=O)[O-]. The Morgan fingerprint density at radius 2 is 2.30 bits per heavy atom. The monoisotopic (exact) mass is 342 g/mol. The van der Waals surface area contributed by atoms with Gasteiger partial charge in [-0.05, 0) is 18.9 Å². The van der Waals surface area contributed by atoms with Crippen molar-refractivity contribution in [1.29, 1.82) is 0 Å². The number of para-hydroxylation sites is 1. The van der Waals surface area contributed by atoms with Crippen LogP contribution in [-0.2, 0) is 0 Å². The number of nitrogens with zero attached hydrogens (tertiary/aromatic N) is 2. The molecule has 1 fully saturated rings. The van der Waals surface area contributed by atoms with Crippen LogP contribution in [0.25, 0.3) is 0 Å². The summed E-state index contributed by atoms with van der Waals surface area (Å²) in [5.74, 6) is -0.200. The molecule has 1 aliphatic rings. The number of nitro groups is 1. The van der Waals surface area contributed by atoms with E-state index in [4.69, 9.17) is 4.74 Å². The van der Waals surface area contributed by atoms with Gasteiger partial charge < -0.3 is 9.64 Å². The van der Waals surface area contributed by atoms with Gasteiger partial charge in [-0.1, -0.05) is 22.0 Å². The lowest BCUT2D eigenvalue weighted by atomic mass is 10.1. The first-order chi connectivity index (χ1) is 9.54. The molecular formula is C13H15BrN2O4. The van der Waals surface area contributed by atoms with Crippen molar-refractivity contribution in [2.75, 3.05) is 20.2 Å². The molecule has 1 saturated heterocycles. The summed E-state index contributed by atoms with van der Waals surface area (Å²) in [5.41, 5.74) is 0.0500. The van der Waals surface area contributed by atoms with Crippen LogP contribution in [-0.4, -0.2) is 40.8 Å². The number of benzene rings is 1. The Hall–Kier alpha value is -1.63. The molecule has 0 N–H and O–H groups in total. The van der Waals surface area contributed by atoms with E-state index in [0.29, 0.717) is 13.1 Å². The lowest BCUT2D eigenvalue weighted by Crippen LogP contribution is -2.40. The molecule has 1 aromatic carbocycles. The van der Waals surface area contributed by atoms with E-state index in [1.54, 1.807) is 11.0 Å². The van der Waals surface area contributed by atoms with E-state index < -0.39 is 4.92 Å². The largest absolute Gasteiger partial charge is 0.490 e. The van der Waals surface area contributed by atoms with Crippen LogP contribution < -0.4 is 4.74 Å². The Morgan fingerprint density at radius 3 is 2.90 bits per heavy atom. The van der Waals surface area contributed by atoms with Gasteiger partial charge in [0.15, 0.2) is 0 Å². The molecule has 0 radical (unpaired) electrons. The number of methoxy groups -OCH3 is 1. The number of amides is 1. The summed E-state index contributed by atoms with van der Waals surface area (Å²) in [6.07, 6.45) is 1.94. The molecule has 1 amide bonds. The van der Waals surface area contributed by atoms with Crippen LogP contribution in [0.5, 0.6) is 5.75 Å². The van der Waals surface area contributed by atoms with E-state index in [1.807, 2.05) is 0 Å². The molecule has 0 bridgehead atoms. The molecule has 1 heterocycles. The van der Waals surface area contributed by atoms with E-state index in [0.717, 1.165) is 12.8 Å². The zero-order valence-corrected chi connectivity index (χ0v) is 12.6. The summed E-state index contributed by atoms with van der Waals surface area (Å²) in [6.45, 7) is 1.26. The van der Waals surface area contributed by atoms with Crippen molar-refractivity contribution < 1.29 is 14.5 Å². The van der Waals surface area contributed by atoms with Crippen molar-refractivity contribution in [1.82, 2.24) is 4.90 Å². The maximum absolute atomic E-state index is 12.5. The quantitative estimate of drug-likeness (QED) is 0.480. The minimum atomic E-state index is -0.543. The fraction of sp³-hybridized carbons (Fsp3) is 0.462. The maximum atomic E-state index is 12.5. The lowest BCUT2D eigenvalue weighted by molar-refractivity contribution is -0.385. The Labute approximate surface area is 125 Å². The highest BCUT2D eigenvalue weighted by Crippen LogP contribution is 2.32. The van der Waals surface area contributed by atoms with Gasteiger partial charge in [-0.25, -0.2) is 0 Å². The summed E-state index contributed by atoms with van der Waals surface area (Å²) in [6, 6.07) is 4.40. The number of rotatable bonds is 3. The minimum Gasteiger partial charge on any atom is -0.490 e. The van der Waals surface area contributed by atoms with Crippen LogP contribution in [0.2, 0.25) is 0 Å². The number of carbonyl (C=O) groups excluding carboxylic acids is 1. The lowest BCUT2D eigenvalue weighted by Gasteiger charge is -2.30. The number of hydrogen-bond acceptors (Lipinski definition) is 4. The van der Waals surface area contributed by atoms with Crippen molar-refractivity contribution in [2.24, 2.45) is 0 Å². The first-order valence-corrected chi connectivity index (χ1v) is 7.21. The number of likely N-dealkylation sites (tertiary alicyclic amines) is 1. The third-order valence-corrected chi connectivity index (χ3v) is 4.02. The second-order valence-electron chi connectivity index (χ2n) is 4.61. The predicted molar refractivity (Wildman–Crippen MR) is 77.5 cm³/mol. The normalized spacial score (nSPS) is 18.7. The molecule has 1 atom stereocenters. The topological polar surface area (TPSA) is 72.7 Å². The van der Waals surface area contributed by atoms with E-state index in [-0.39, 0.29) is 27.7 Å². The number of nitro benzene ring substituents is 1. The fourth-order valence-electron chi connectivity index (χ4n) is 2.33. The molecule has 0 saturated carbocycles. The standard InChI is InChI=1S/C13H15BrN2O4/c1-20-12-10(5-2-6-11(12)16(18)19)13(17)15-7-3-4-9(14)8-15/h2,5-6,9H,3-4,7-8H2,1H3. The number of halogens is 1. The summed E-state index contributed by atoms with van der Waals surface area (Å²) >= 11 is 3.51. The van der Waals surface area contributed by atoms with Gasteiger partial charge >= 0.3 is 5.69 Å². The number of piperidine rings is 1. The van der Waals surface area contributed by atoms with Gasteiger partial charge in [-0.2, -0.15) is 0 Å². The van der Waals surface area contributed by atoms with E-state index >= 15 is 0 Å². The molecule has 1 aromatic rings. The molecule has 108 valence electrons. The molecule has 0 spiro atoms. The number of hydrogen-bond donors (Lipinski definition) is 0. The highest BCUT2D eigenvalue weighted by Gasteiger charge is 2.28. The van der Waals surface area contributed by atoms with Gasteiger partial charge in [0.05, 0.1) is 17.6 Å². The van der Waals surface area contributed by atoms with Gasteiger partial charge in [-0.3, -0.25) is 14.9 Å². The Kier molecular flexibility index (Phi) is 4.59. The Balaban J connectivity index is 2.34. The second kappa shape index (κ2) is 6.21. The molecule has 0 aromatic heterocycles. The Morgan fingerprint density at radius 1 is 1.55 bits per heavy atom. The van der Waals surface area contributed by atoms with E-state index in [2.05, 4.69) is 15.9 Å². The molecule has 1 unspecified atom stereocenters. The molecule has 1 aliphatic heterocycles. The molecule has 0 aliphatic carbocycles. The highest BCUT2D eigenvalue weighted by molar-refractivity contribution is 9.09. The molecule has 2 rings (SSSR count). The van der Waals surface area contributed by atoms with Gasteiger partial charge in [0, 0.05) is 24.0 Å². The third kappa shape index (κ3) is 2.92. The second-order valence-corrected chi connectivity index (χ2v) is 5.90. The Bertz CT molecular complexity index is 535. The van der Waals surface area contributed by atoms with E-state index in [9.17, 15) is 14.9 Å². The average Bonchev–Trinajstić information content (AvgIpc) is 2.45. The summed E-state index contributed by atoms with van der Waals surface area (Å²) in [5, 5.41) is 11.0. The first-order valence-electron chi connectivity index (χ1n) is 6.29. The zero-order valence-electron chi connectivity index (χ0n) is 11.0. The average molecular weight is 343 g/mol. The number of ether oxygens (including phenoxy) is 1. The van der Waals surface area contributed by atoms with Crippen LogP contribution in [0.4, 0.5) is 5.69 Å².